The molecule has 1 aliphatic heterocycles. The lowest BCUT2D eigenvalue weighted by molar-refractivity contribution is -0.120. The van der Waals surface area contributed by atoms with E-state index in [2.05, 4.69) is 19.2 Å². The molecule has 0 aliphatic carbocycles. The van der Waals surface area contributed by atoms with Gasteiger partial charge in [0.15, 0.2) is 0 Å². The van der Waals surface area contributed by atoms with Gasteiger partial charge in [-0.15, -0.1) is 0 Å². The first-order valence-corrected chi connectivity index (χ1v) is 11.9. The number of benzene rings is 3. The van der Waals surface area contributed by atoms with Crippen molar-refractivity contribution in [1.82, 2.24) is 0 Å². The standard InChI is InChI=1S/C28H28N2O2S/c1-17(2)21-10-12-22(13-11-21)29-25-26(33-23-14-7-18(3)8-15-23)28(32)30(27(25)31)24-16-19(4)6-9-20(24)5/h6-17,29H,1-5H3. The zero-order valence-electron chi connectivity index (χ0n) is 19.6. The van der Waals surface area contributed by atoms with Crippen molar-refractivity contribution in [2.45, 2.75) is 45.4 Å². The summed E-state index contributed by atoms with van der Waals surface area (Å²) in [7, 11) is 0. The van der Waals surface area contributed by atoms with Crippen molar-refractivity contribution in [2.75, 3.05) is 10.2 Å². The second-order valence-electron chi connectivity index (χ2n) is 8.76. The lowest BCUT2D eigenvalue weighted by Crippen LogP contribution is -2.33. The van der Waals surface area contributed by atoms with E-state index in [0.717, 1.165) is 27.3 Å². The molecule has 0 spiro atoms. The van der Waals surface area contributed by atoms with Crippen LogP contribution in [0.25, 0.3) is 0 Å². The van der Waals surface area contributed by atoms with Crippen LogP contribution < -0.4 is 10.2 Å². The van der Waals surface area contributed by atoms with E-state index in [1.54, 1.807) is 0 Å². The molecule has 33 heavy (non-hydrogen) atoms. The average molecular weight is 457 g/mol. The molecule has 3 aromatic carbocycles. The minimum absolute atomic E-state index is 0.305. The third-order valence-corrected chi connectivity index (χ3v) is 6.83. The molecule has 4 nitrogen and oxygen atoms in total. The number of rotatable bonds is 6. The predicted octanol–water partition coefficient (Wildman–Crippen LogP) is 6.72. The summed E-state index contributed by atoms with van der Waals surface area (Å²) in [5, 5.41) is 3.25. The Morgan fingerprint density at radius 1 is 0.788 bits per heavy atom. The number of nitrogens with zero attached hydrogens (tertiary/aromatic N) is 1. The Kier molecular flexibility index (Phi) is 6.43. The van der Waals surface area contributed by atoms with Crippen LogP contribution in [0.15, 0.2) is 82.2 Å². The smallest absolute Gasteiger partial charge is 0.283 e. The molecule has 4 rings (SSSR count). The van der Waals surface area contributed by atoms with Crippen LogP contribution in [0.2, 0.25) is 0 Å². The molecule has 0 saturated carbocycles. The summed E-state index contributed by atoms with van der Waals surface area (Å²) in [4.78, 5) is 29.8. The van der Waals surface area contributed by atoms with E-state index in [9.17, 15) is 9.59 Å². The van der Waals surface area contributed by atoms with Crippen LogP contribution in [-0.4, -0.2) is 11.8 Å². The van der Waals surface area contributed by atoms with E-state index >= 15 is 0 Å². The third kappa shape index (κ3) is 4.74. The van der Waals surface area contributed by atoms with Gasteiger partial charge in [0, 0.05) is 10.6 Å². The maximum absolute atomic E-state index is 13.6. The molecule has 1 N–H and O–H groups in total. The number of amides is 2. The lowest BCUT2D eigenvalue weighted by atomic mass is 10.0. The molecule has 0 fully saturated rings. The van der Waals surface area contributed by atoms with Gasteiger partial charge in [-0.2, -0.15) is 0 Å². The number of imide groups is 1. The highest BCUT2D eigenvalue weighted by Gasteiger charge is 2.40. The first kappa shape index (κ1) is 22.9. The van der Waals surface area contributed by atoms with Crippen molar-refractivity contribution >= 4 is 35.0 Å². The van der Waals surface area contributed by atoms with Crippen LogP contribution in [-0.2, 0) is 9.59 Å². The average Bonchev–Trinajstić information content (AvgIpc) is 3.01. The molecule has 1 aliphatic rings. The molecular weight excluding hydrogens is 428 g/mol. The minimum Gasteiger partial charge on any atom is -0.350 e. The topological polar surface area (TPSA) is 49.4 Å². The van der Waals surface area contributed by atoms with Gasteiger partial charge in [-0.1, -0.05) is 67.6 Å². The molecular formula is C28H28N2O2S. The van der Waals surface area contributed by atoms with Crippen molar-refractivity contribution in [3.8, 4) is 0 Å². The van der Waals surface area contributed by atoms with Gasteiger partial charge >= 0.3 is 0 Å². The van der Waals surface area contributed by atoms with E-state index in [-0.39, 0.29) is 11.8 Å². The zero-order valence-corrected chi connectivity index (χ0v) is 20.4. The fourth-order valence-corrected chi connectivity index (χ4v) is 4.64. The number of thioether (sulfide) groups is 1. The summed E-state index contributed by atoms with van der Waals surface area (Å²) in [6.07, 6.45) is 0. The molecule has 2 amide bonds. The molecule has 0 bridgehead atoms. The summed E-state index contributed by atoms with van der Waals surface area (Å²) >= 11 is 1.32. The highest BCUT2D eigenvalue weighted by atomic mass is 32.2. The molecule has 1 heterocycles. The second kappa shape index (κ2) is 9.28. The van der Waals surface area contributed by atoms with Crippen molar-refractivity contribution in [2.24, 2.45) is 0 Å². The highest BCUT2D eigenvalue weighted by molar-refractivity contribution is 8.04. The Morgan fingerprint density at radius 2 is 1.42 bits per heavy atom. The summed E-state index contributed by atoms with van der Waals surface area (Å²) < 4.78 is 0. The van der Waals surface area contributed by atoms with E-state index in [1.807, 2.05) is 87.5 Å². The minimum atomic E-state index is -0.337. The van der Waals surface area contributed by atoms with Crippen molar-refractivity contribution in [1.29, 1.82) is 0 Å². The fraction of sp³-hybridized carbons (Fsp3) is 0.214. The molecule has 0 atom stereocenters. The zero-order chi connectivity index (χ0) is 23.7. The van der Waals surface area contributed by atoms with Crippen molar-refractivity contribution in [3.63, 3.8) is 0 Å². The van der Waals surface area contributed by atoms with Gasteiger partial charge in [0.05, 0.1) is 5.69 Å². The first-order chi connectivity index (χ1) is 15.7. The van der Waals surface area contributed by atoms with E-state index in [4.69, 9.17) is 0 Å². The van der Waals surface area contributed by atoms with Gasteiger partial charge in [-0.25, -0.2) is 4.90 Å². The highest BCUT2D eigenvalue weighted by Crippen LogP contribution is 2.39. The van der Waals surface area contributed by atoms with Gasteiger partial charge < -0.3 is 5.32 Å². The Labute approximate surface area is 199 Å². The number of anilines is 2. The second-order valence-corrected chi connectivity index (χ2v) is 9.84. The Morgan fingerprint density at radius 3 is 2.06 bits per heavy atom. The van der Waals surface area contributed by atoms with Gasteiger partial charge in [-0.05, 0) is 73.7 Å². The summed E-state index contributed by atoms with van der Waals surface area (Å²) in [6.45, 7) is 10.2. The third-order valence-electron chi connectivity index (χ3n) is 5.73. The number of hydrogen-bond donors (Lipinski definition) is 1. The summed E-state index contributed by atoms with van der Waals surface area (Å²) in [5.74, 6) is -0.225. The number of aryl methyl sites for hydroxylation is 3. The molecule has 0 aromatic heterocycles. The van der Waals surface area contributed by atoms with Gasteiger partial charge in [-0.3, -0.25) is 9.59 Å². The summed E-state index contributed by atoms with van der Waals surface area (Å²) in [6, 6.07) is 21.8. The van der Waals surface area contributed by atoms with Crippen molar-refractivity contribution < 1.29 is 9.59 Å². The molecule has 0 unspecified atom stereocenters. The quantitative estimate of drug-likeness (QED) is 0.418. The van der Waals surface area contributed by atoms with E-state index in [1.165, 1.54) is 22.2 Å². The molecule has 3 aromatic rings. The van der Waals surface area contributed by atoms with Gasteiger partial charge in [0.1, 0.15) is 10.6 Å². The van der Waals surface area contributed by atoms with Crippen LogP contribution in [0.4, 0.5) is 11.4 Å². The number of carbonyl (C=O) groups excluding carboxylic acids is 2. The largest absolute Gasteiger partial charge is 0.350 e. The van der Waals surface area contributed by atoms with Crippen LogP contribution >= 0.6 is 11.8 Å². The molecule has 168 valence electrons. The Hall–Kier alpha value is -3.31. The molecule has 0 saturated heterocycles. The lowest BCUT2D eigenvalue weighted by Gasteiger charge is -2.18. The maximum Gasteiger partial charge on any atom is 0.283 e. The predicted molar refractivity (Wildman–Crippen MR) is 137 cm³/mol. The monoisotopic (exact) mass is 456 g/mol. The Balaban J connectivity index is 1.74. The molecule has 0 radical (unpaired) electrons. The SMILES string of the molecule is Cc1ccc(SC2=C(Nc3ccc(C(C)C)cc3)C(=O)N(c3cc(C)ccc3C)C2=O)cc1. The summed E-state index contributed by atoms with van der Waals surface area (Å²) in [5.41, 5.74) is 5.94. The van der Waals surface area contributed by atoms with Gasteiger partial charge in [0.25, 0.3) is 11.8 Å². The fourth-order valence-electron chi connectivity index (χ4n) is 3.71. The van der Waals surface area contributed by atoms with Crippen LogP contribution in [0.3, 0.4) is 0 Å². The first-order valence-electron chi connectivity index (χ1n) is 11.1. The van der Waals surface area contributed by atoms with Crippen LogP contribution in [0, 0.1) is 20.8 Å². The maximum atomic E-state index is 13.6. The normalized spacial score (nSPS) is 13.9. The van der Waals surface area contributed by atoms with Crippen LogP contribution in [0.5, 0.6) is 0 Å². The van der Waals surface area contributed by atoms with Crippen LogP contribution in [0.1, 0.15) is 42.0 Å². The van der Waals surface area contributed by atoms with Gasteiger partial charge in [0.2, 0.25) is 0 Å². The Bertz CT molecular complexity index is 1240. The van der Waals surface area contributed by atoms with E-state index < -0.39 is 0 Å². The number of hydrogen-bond acceptors (Lipinski definition) is 4. The number of carbonyl (C=O) groups is 2. The van der Waals surface area contributed by atoms with E-state index in [0.29, 0.717) is 22.2 Å². The van der Waals surface area contributed by atoms with Crippen molar-refractivity contribution in [3.05, 3.63) is 99.6 Å². The number of nitrogens with one attached hydrogen (secondary N) is 1. The molecule has 5 heteroatoms.